The fourth-order valence-electron chi connectivity index (χ4n) is 2.57. The van der Waals surface area contributed by atoms with E-state index in [1.54, 1.807) is 19.2 Å². The number of nitrogens with zero attached hydrogens (tertiary/aromatic N) is 1. The van der Waals surface area contributed by atoms with Crippen LogP contribution < -0.4 is 9.47 Å². The number of para-hydroxylation sites is 2. The van der Waals surface area contributed by atoms with Crippen LogP contribution in [0.5, 0.6) is 17.2 Å². The van der Waals surface area contributed by atoms with Gasteiger partial charge in [0, 0.05) is 10.9 Å². The summed E-state index contributed by atoms with van der Waals surface area (Å²) < 4.78 is 11.1. The molecule has 1 N–H and O–H groups in total. The Labute approximate surface area is 141 Å². The third-order valence-corrected chi connectivity index (χ3v) is 3.67. The number of phenols is 1. The number of phenolic OH excluding ortho intramolecular Hbond substituents is 1. The SMILES string of the molecule is CCOc1cccc(C=Cc2ccc3cccc(O)c3n2)c1OC. The lowest BCUT2D eigenvalue weighted by Crippen LogP contribution is -1.96. The molecule has 1 aromatic heterocycles. The number of rotatable bonds is 5. The average molecular weight is 321 g/mol. The van der Waals surface area contributed by atoms with Gasteiger partial charge in [-0.1, -0.05) is 30.3 Å². The Morgan fingerprint density at radius 3 is 2.67 bits per heavy atom. The highest BCUT2D eigenvalue weighted by molar-refractivity contribution is 5.86. The molecule has 0 spiro atoms. The fourth-order valence-corrected chi connectivity index (χ4v) is 2.57. The molecule has 122 valence electrons. The third-order valence-electron chi connectivity index (χ3n) is 3.67. The summed E-state index contributed by atoms with van der Waals surface area (Å²) in [4.78, 5) is 4.50. The van der Waals surface area contributed by atoms with E-state index in [-0.39, 0.29) is 5.75 Å². The molecule has 0 amide bonds. The van der Waals surface area contributed by atoms with E-state index in [1.807, 2.05) is 55.5 Å². The molecule has 0 atom stereocenters. The second-order valence-electron chi connectivity index (χ2n) is 5.23. The van der Waals surface area contributed by atoms with Gasteiger partial charge in [0.2, 0.25) is 0 Å². The minimum Gasteiger partial charge on any atom is -0.506 e. The van der Waals surface area contributed by atoms with E-state index < -0.39 is 0 Å². The summed E-state index contributed by atoms with van der Waals surface area (Å²) in [6.07, 6.45) is 3.81. The van der Waals surface area contributed by atoms with Crippen molar-refractivity contribution in [2.24, 2.45) is 0 Å². The molecule has 1 heterocycles. The Balaban J connectivity index is 1.96. The molecule has 0 aliphatic heterocycles. The van der Waals surface area contributed by atoms with Crippen LogP contribution in [0, 0.1) is 0 Å². The maximum atomic E-state index is 9.94. The van der Waals surface area contributed by atoms with Crippen LogP contribution in [-0.4, -0.2) is 23.8 Å². The summed E-state index contributed by atoms with van der Waals surface area (Å²) in [6.45, 7) is 2.52. The molecule has 3 aromatic rings. The van der Waals surface area contributed by atoms with Gasteiger partial charge in [-0.3, -0.25) is 0 Å². The monoisotopic (exact) mass is 321 g/mol. The van der Waals surface area contributed by atoms with Crippen molar-refractivity contribution in [2.45, 2.75) is 6.92 Å². The fraction of sp³-hybridized carbons (Fsp3) is 0.150. The molecule has 4 nitrogen and oxygen atoms in total. The van der Waals surface area contributed by atoms with E-state index in [1.165, 1.54) is 0 Å². The first-order valence-electron chi connectivity index (χ1n) is 7.79. The largest absolute Gasteiger partial charge is 0.506 e. The van der Waals surface area contributed by atoms with Crippen LogP contribution in [0.25, 0.3) is 23.1 Å². The van der Waals surface area contributed by atoms with Crippen molar-refractivity contribution in [3.63, 3.8) is 0 Å². The summed E-state index contributed by atoms with van der Waals surface area (Å²) in [5, 5.41) is 10.8. The predicted octanol–water partition coefficient (Wildman–Crippen LogP) is 4.52. The Bertz CT molecular complexity index is 887. The van der Waals surface area contributed by atoms with Crippen molar-refractivity contribution in [3.8, 4) is 17.2 Å². The van der Waals surface area contributed by atoms with Gasteiger partial charge in [0.05, 0.1) is 19.4 Å². The molecule has 0 unspecified atom stereocenters. The summed E-state index contributed by atoms with van der Waals surface area (Å²) in [5.74, 6) is 1.59. The van der Waals surface area contributed by atoms with Crippen molar-refractivity contribution in [1.82, 2.24) is 4.98 Å². The highest BCUT2D eigenvalue weighted by Crippen LogP contribution is 2.32. The lowest BCUT2D eigenvalue weighted by atomic mass is 10.1. The summed E-state index contributed by atoms with van der Waals surface area (Å²) in [5.41, 5.74) is 2.25. The zero-order chi connectivity index (χ0) is 16.9. The normalized spacial score (nSPS) is 11.1. The van der Waals surface area contributed by atoms with Crippen molar-refractivity contribution in [3.05, 3.63) is 59.8 Å². The number of benzene rings is 2. The van der Waals surface area contributed by atoms with Crippen LogP contribution >= 0.6 is 0 Å². The first kappa shape index (κ1) is 15.9. The molecule has 0 fully saturated rings. The molecule has 4 heteroatoms. The first-order chi connectivity index (χ1) is 11.7. The van der Waals surface area contributed by atoms with Crippen molar-refractivity contribution in [2.75, 3.05) is 13.7 Å². The Morgan fingerprint density at radius 2 is 1.88 bits per heavy atom. The van der Waals surface area contributed by atoms with Crippen LogP contribution in [0.2, 0.25) is 0 Å². The van der Waals surface area contributed by atoms with Gasteiger partial charge >= 0.3 is 0 Å². The number of aromatic hydroxyl groups is 1. The topological polar surface area (TPSA) is 51.6 Å². The average Bonchev–Trinajstić information content (AvgIpc) is 2.61. The molecule has 0 saturated heterocycles. The van der Waals surface area contributed by atoms with Crippen LogP contribution in [0.1, 0.15) is 18.2 Å². The van der Waals surface area contributed by atoms with Gasteiger partial charge in [-0.15, -0.1) is 0 Å². The lowest BCUT2D eigenvalue weighted by molar-refractivity contribution is 0.310. The minimum atomic E-state index is 0.179. The van der Waals surface area contributed by atoms with Gasteiger partial charge in [0.25, 0.3) is 0 Å². The van der Waals surface area contributed by atoms with Crippen LogP contribution in [0.15, 0.2) is 48.5 Å². The number of ether oxygens (including phenoxy) is 2. The van der Waals surface area contributed by atoms with Crippen LogP contribution in [0.4, 0.5) is 0 Å². The number of hydrogen-bond donors (Lipinski definition) is 1. The van der Waals surface area contributed by atoms with Gasteiger partial charge < -0.3 is 14.6 Å². The highest BCUT2D eigenvalue weighted by Gasteiger charge is 2.07. The van der Waals surface area contributed by atoms with E-state index in [0.717, 1.165) is 16.6 Å². The van der Waals surface area contributed by atoms with Gasteiger partial charge in [-0.2, -0.15) is 0 Å². The zero-order valence-corrected chi connectivity index (χ0v) is 13.7. The van der Waals surface area contributed by atoms with Gasteiger partial charge in [-0.25, -0.2) is 4.98 Å². The smallest absolute Gasteiger partial charge is 0.167 e. The van der Waals surface area contributed by atoms with E-state index in [0.29, 0.717) is 23.6 Å². The molecular weight excluding hydrogens is 302 g/mol. The second kappa shape index (κ2) is 7.04. The maximum Gasteiger partial charge on any atom is 0.167 e. The van der Waals surface area contributed by atoms with E-state index >= 15 is 0 Å². The molecule has 24 heavy (non-hydrogen) atoms. The number of hydrogen-bond acceptors (Lipinski definition) is 4. The molecule has 0 bridgehead atoms. The lowest BCUT2D eigenvalue weighted by Gasteiger charge is -2.11. The van der Waals surface area contributed by atoms with E-state index in [9.17, 15) is 5.11 Å². The molecular formula is C20H19NO3. The Morgan fingerprint density at radius 1 is 1.04 bits per heavy atom. The minimum absolute atomic E-state index is 0.179. The van der Waals surface area contributed by atoms with Crippen molar-refractivity contribution < 1.29 is 14.6 Å². The number of methoxy groups -OCH3 is 1. The van der Waals surface area contributed by atoms with Crippen LogP contribution in [-0.2, 0) is 0 Å². The highest BCUT2D eigenvalue weighted by atomic mass is 16.5. The van der Waals surface area contributed by atoms with E-state index in [2.05, 4.69) is 4.98 Å². The van der Waals surface area contributed by atoms with Crippen molar-refractivity contribution >= 4 is 23.1 Å². The molecule has 0 saturated carbocycles. The first-order valence-corrected chi connectivity index (χ1v) is 7.79. The van der Waals surface area contributed by atoms with E-state index in [4.69, 9.17) is 9.47 Å². The molecule has 3 rings (SSSR count). The number of aromatic nitrogens is 1. The zero-order valence-electron chi connectivity index (χ0n) is 13.7. The quantitative estimate of drug-likeness (QED) is 0.751. The molecule has 2 aromatic carbocycles. The predicted molar refractivity (Wildman–Crippen MR) is 96.5 cm³/mol. The summed E-state index contributed by atoms with van der Waals surface area (Å²) >= 11 is 0. The second-order valence-corrected chi connectivity index (χ2v) is 5.23. The van der Waals surface area contributed by atoms with Gasteiger partial charge in [-0.05, 0) is 37.3 Å². The molecule has 0 radical (unpaired) electrons. The van der Waals surface area contributed by atoms with Gasteiger partial charge in [0.15, 0.2) is 11.5 Å². The van der Waals surface area contributed by atoms with Crippen LogP contribution in [0.3, 0.4) is 0 Å². The molecule has 0 aliphatic rings. The maximum absolute atomic E-state index is 9.94. The standard InChI is InChI=1S/C20H19NO3/c1-3-24-18-9-5-7-15(20(18)23-2)11-13-16-12-10-14-6-4-8-17(22)19(14)21-16/h4-13,22H,3H2,1-2H3. The third kappa shape index (κ3) is 3.18. The molecule has 0 aliphatic carbocycles. The summed E-state index contributed by atoms with van der Waals surface area (Å²) in [6, 6.07) is 15.0. The number of pyridine rings is 1. The Hall–Kier alpha value is -3.01. The van der Waals surface area contributed by atoms with Gasteiger partial charge in [0.1, 0.15) is 11.3 Å². The number of fused-ring (bicyclic) bond motifs is 1. The Kier molecular flexibility index (Phi) is 4.66. The van der Waals surface area contributed by atoms with Crippen molar-refractivity contribution in [1.29, 1.82) is 0 Å². The summed E-state index contributed by atoms with van der Waals surface area (Å²) in [7, 11) is 1.63.